The lowest BCUT2D eigenvalue weighted by atomic mass is 10.1. The number of aromatic amines is 1. The molecule has 0 unspecified atom stereocenters. The Morgan fingerprint density at radius 2 is 2.26 bits per heavy atom. The van der Waals surface area contributed by atoms with Gasteiger partial charge in [0, 0.05) is 35.2 Å². The number of benzene rings is 1. The van der Waals surface area contributed by atoms with Crippen molar-refractivity contribution >= 4 is 34.4 Å². The third-order valence-electron chi connectivity index (χ3n) is 3.96. The van der Waals surface area contributed by atoms with Gasteiger partial charge >= 0.3 is 5.97 Å². The molecule has 2 heterocycles. The van der Waals surface area contributed by atoms with Crippen LogP contribution in [-0.4, -0.2) is 52.7 Å². The lowest BCUT2D eigenvalue weighted by Crippen LogP contribution is -2.46. The van der Waals surface area contributed by atoms with Gasteiger partial charge in [-0.2, -0.15) is 0 Å². The van der Waals surface area contributed by atoms with Gasteiger partial charge in [-0.15, -0.1) is 0 Å². The summed E-state index contributed by atoms with van der Waals surface area (Å²) in [4.78, 5) is 28.1. The lowest BCUT2D eigenvalue weighted by molar-refractivity contribution is -0.147. The van der Waals surface area contributed by atoms with Gasteiger partial charge in [0.2, 0.25) is 5.91 Å². The Bertz CT molecular complexity index is 743. The third-order valence-corrected chi connectivity index (χ3v) is 4.20. The monoisotopic (exact) mass is 336 g/mol. The Labute approximate surface area is 138 Å². The van der Waals surface area contributed by atoms with Crippen molar-refractivity contribution < 1.29 is 19.4 Å². The van der Waals surface area contributed by atoms with Crippen LogP contribution in [-0.2, 0) is 20.7 Å². The molecule has 1 amide bonds. The van der Waals surface area contributed by atoms with Crippen molar-refractivity contribution in [3.05, 3.63) is 35.0 Å². The first kappa shape index (κ1) is 15.8. The highest BCUT2D eigenvalue weighted by Gasteiger charge is 2.26. The van der Waals surface area contributed by atoms with Crippen LogP contribution in [0.5, 0.6) is 0 Å². The number of carbonyl (C=O) groups is 2. The Kier molecular flexibility index (Phi) is 4.54. The molecule has 1 fully saturated rings. The number of hydrogen-bond donors (Lipinski definition) is 2. The summed E-state index contributed by atoms with van der Waals surface area (Å²) in [6.45, 7) is 1.18. The number of carboxylic acid groups (broad SMARTS) is 1. The zero-order valence-electron chi connectivity index (χ0n) is 12.4. The van der Waals surface area contributed by atoms with Crippen LogP contribution in [0, 0.1) is 0 Å². The Morgan fingerprint density at radius 1 is 1.43 bits per heavy atom. The van der Waals surface area contributed by atoms with Crippen molar-refractivity contribution in [1.82, 2.24) is 9.88 Å². The van der Waals surface area contributed by atoms with Crippen LogP contribution in [0.3, 0.4) is 0 Å². The number of aromatic nitrogens is 1. The van der Waals surface area contributed by atoms with Gasteiger partial charge in [0.1, 0.15) is 0 Å². The number of aliphatic carboxylic acids is 1. The smallest absolute Gasteiger partial charge is 0.306 e. The van der Waals surface area contributed by atoms with Gasteiger partial charge in [0.05, 0.1) is 25.6 Å². The van der Waals surface area contributed by atoms with Crippen LogP contribution in [0.25, 0.3) is 10.9 Å². The van der Waals surface area contributed by atoms with Crippen LogP contribution in [0.15, 0.2) is 24.4 Å². The number of fused-ring (bicyclic) bond motifs is 1. The van der Waals surface area contributed by atoms with Gasteiger partial charge in [-0.3, -0.25) is 9.59 Å². The molecule has 1 saturated heterocycles. The molecule has 1 atom stereocenters. The molecule has 1 aliphatic heterocycles. The van der Waals surface area contributed by atoms with E-state index in [9.17, 15) is 9.59 Å². The standard InChI is InChI=1S/C16H17ClN2O4/c17-11-1-2-13-10(8-18-14(13)6-11)5-15(20)19-3-4-23-12(9-19)7-16(21)22/h1-2,6,8,12,18H,3-5,7,9H2,(H,21,22)/t12-/m1/s1. The number of H-pyrrole nitrogens is 1. The van der Waals surface area contributed by atoms with E-state index >= 15 is 0 Å². The maximum Gasteiger partial charge on any atom is 0.306 e. The van der Waals surface area contributed by atoms with Crippen molar-refractivity contribution in [1.29, 1.82) is 0 Å². The van der Waals surface area contributed by atoms with E-state index in [0.717, 1.165) is 16.5 Å². The summed E-state index contributed by atoms with van der Waals surface area (Å²) >= 11 is 5.96. The zero-order valence-corrected chi connectivity index (χ0v) is 13.2. The third kappa shape index (κ3) is 3.65. The molecule has 122 valence electrons. The number of morpholine rings is 1. The fourth-order valence-corrected chi connectivity index (χ4v) is 3.02. The number of hydrogen-bond acceptors (Lipinski definition) is 3. The number of halogens is 1. The van der Waals surface area contributed by atoms with E-state index < -0.39 is 12.1 Å². The molecular formula is C16H17ClN2O4. The predicted octanol–water partition coefficient (Wildman–Crippen LogP) is 2.07. The van der Waals surface area contributed by atoms with E-state index in [-0.39, 0.29) is 18.7 Å². The second kappa shape index (κ2) is 6.60. The molecule has 7 heteroatoms. The maximum atomic E-state index is 12.5. The summed E-state index contributed by atoms with van der Waals surface area (Å²) in [6, 6.07) is 5.51. The molecule has 1 aromatic heterocycles. The van der Waals surface area contributed by atoms with Crippen molar-refractivity contribution in [3.8, 4) is 0 Å². The Balaban J connectivity index is 1.69. The van der Waals surface area contributed by atoms with Crippen molar-refractivity contribution in [3.63, 3.8) is 0 Å². The predicted molar refractivity (Wildman–Crippen MR) is 85.6 cm³/mol. The van der Waals surface area contributed by atoms with E-state index in [0.29, 0.717) is 24.7 Å². The van der Waals surface area contributed by atoms with E-state index in [2.05, 4.69) is 4.98 Å². The molecule has 0 bridgehead atoms. The molecule has 6 nitrogen and oxygen atoms in total. The molecule has 0 aliphatic carbocycles. The molecule has 23 heavy (non-hydrogen) atoms. The highest BCUT2D eigenvalue weighted by molar-refractivity contribution is 6.31. The van der Waals surface area contributed by atoms with Gasteiger partial charge in [-0.1, -0.05) is 17.7 Å². The number of nitrogens with one attached hydrogen (secondary N) is 1. The number of rotatable bonds is 4. The van der Waals surface area contributed by atoms with Gasteiger partial charge in [0.15, 0.2) is 0 Å². The fourth-order valence-electron chi connectivity index (χ4n) is 2.84. The van der Waals surface area contributed by atoms with Gasteiger partial charge in [-0.05, 0) is 17.7 Å². The lowest BCUT2D eigenvalue weighted by Gasteiger charge is -2.32. The zero-order chi connectivity index (χ0) is 16.4. The minimum absolute atomic E-state index is 0.0282. The first-order valence-corrected chi connectivity index (χ1v) is 7.77. The second-order valence-electron chi connectivity index (χ2n) is 5.61. The van der Waals surface area contributed by atoms with Gasteiger partial charge < -0.3 is 19.7 Å². The fraction of sp³-hybridized carbons (Fsp3) is 0.375. The van der Waals surface area contributed by atoms with Gasteiger partial charge in [0.25, 0.3) is 0 Å². The maximum absolute atomic E-state index is 12.5. The number of amides is 1. The highest BCUT2D eigenvalue weighted by Crippen LogP contribution is 2.23. The SMILES string of the molecule is O=C(O)C[C@@H]1CN(C(=O)Cc2c[nH]c3cc(Cl)ccc23)CCO1. The summed E-state index contributed by atoms with van der Waals surface area (Å²) < 4.78 is 5.39. The minimum atomic E-state index is -0.919. The number of ether oxygens (including phenoxy) is 1. The molecule has 0 spiro atoms. The largest absolute Gasteiger partial charge is 0.481 e. The van der Waals surface area contributed by atoms with Gasteiger partial charge in [-0.25, -0.2) is 0 Å². The second-order valence-corrected chi connectivity index (χ2v) is 6.05. The summed E-state index contributed by atoms with van der Waals surface area (Å²) in [7, 11) is 0. The normalized spacial score (nSPS) is 18.3. The molecule has 1 aromatic carbocycles. The first-order valence-electron chi connectivity index (χ1n) is 7.39. The molecule has 2 N–H and O–H groups in total. The Hall–Kier alpha value is -2.05. The molecular weight excluding hydrogens is 320 g/mol. The molecule has 0 saturated carbocycles. The average Bonchev–Trinajstić information content (AvgIpc) is 2.89. The van der Waals surface area contributed by atoms with Crippen molar-refractivity contribution in [2.24, 2.45) is 0 Å². The van der Waals surface area contributed by atoms with Crippen LogP contribution < -0.4 is 0 Å². The number of carboxylic acids is 1. The van der Waals surface area contributed by atoms with Crippen LogP contribution >= 0.6 is 11.6 Å². The highest BCUT2D eigenvalue weighted by atomic mass is 35.5. The van der Waals surface area contributed by atoms with Crippen LogP contribution in [0.4, 0.5) is 0 Å². The van der Waals surface area contributed by atoms with Crippen LogP contribution in [0.1, 0.15) is 12.0 Å². The molecule has 2 aromatic rings. The number of nitrogens with zero attached hydrogens (tertiary/aromatic N) is 1. The quantitative estimate of drug-likeness (QED) is 0.895. The van der Waals surface area contributed by atoms with E-state index in [1.54, 1.807) is 11.0 Å². The van der Waals surface area contributed by atoms with E-state index in [1.807, 2.05) is 18.3 Å². The van der Waals surface area contributed by atoms with Crippen LogP contribution in [0.2, 0.25) is 5.02 Å². The summed E-state index contributed by atoms with van der Waals surface area (Å²) in [5.74, 6) is -0.947. The first-order chi connectivity index (χ1) is 11.0. The van der Waals surface area contributed by atoms with Crippen molar-refractivity contribution in [2.45, 2.75) is 18.9 Å². The molecule has 3 rings (SSSR count). The average molecular weight is 337 g/mol. The molecule has 0 radical (unpaired) electrons. The summed E-state index contributed by atoms with van der Waals surface area (Å²) in [5, 5.41) is 10.5. The Morgan fingerprint density at radius 3 is 3.04 bits per heavy atom. The minimum Gasteiger partial charge on any atom is -0.481 e. The molecule has 1 aliphatic rings. The summed E-state index contributed by atoms with van der Waals surface area (Å²) in [6.07, 6.45) is 1.55. The summed E-state index contributed by atoms with van der Waals surface area (Å²) in [5.41, 5.74) is 1.80. The van der Waals surface area contributed by atoms with E-state index in [4.69, 9.17) is 21.4 Å². The number of carbonyl (C=O) groups excluding carboxylic acids is 1. The van der Waals surface area contributed by atoms with Crippen molar-refractivity contribution in [2.75, 3.05) is 19.7 Å². The van der Waals surface area contributed by atoms with E-state index in [1.165, 1.54) is 0 Å². The topological polar surface area (TPSA) is 82.6 Å².